The van der Waals surface area contributed by atoms with Gasteiger partial charge in [-0.25, -0.2) is 0 Å². The fraction of sp³-hybridized carbons (Fsp3) is 0.353. The third kappa shape index (κ3) is 4.75. The summed E-state index contributed by atoms with van der Waals surface area (Å²) in [6.45, 7) is 3.46. The predicted molar refractivity (Wildman–Crippen MR) is 103 cm³/mol. The predicted octanol–water partition coefficient (Wildman–Crippen LogP) is 4.88. The van der Waals surface area contributed by atoms with E-state index < -0.39 is 39.8 Å². The van der Waals surface area contributed by atoms with Crippen molar-refractivity contribution in [1.82, 2.24) is 15.1 Å². The van der Waals surface area contributed by atoms with E-state index in [1.54, 1.807) is 13.8 Å². The van der Waals surface area contributed by atoms with Crippen molar-refractivity contribution >= 4 is 45.0 Å². The summed E-state index contributed by atoms with van der Waals surface area (Å²) in [5.41, 5.74) is -2.11. The first-order valence-electron chi connectivity index (χ1n) is 8.26. The maximum absolute atomic E-state index is 13.7. The van der Waals surface area contributed by atoms with Crippen molar-refractivity contribution < 1.29 is 31.5 Å². The number of carbonyl (C=O) groups excluding carboxylic acids is 2. The van der Waals surface area contributed by atoms with Crippen molar-refractivity contribution in [2.45, 2.75) is 32.0 Å². The highest BCUT2D eigenvalue weighted by Gasteiger charge is 2.61. The molecule has 0 aliphatic heterocycles. The Balaban J connectivity index is 2.37. The largest absolute Gasteiger partial charge is 0.459 e. The molecule has 0 saturated carbocycles. The molecule has 30 heavy (non-hydrogen) atoms. The number of aromatic nitrogens is 2. The average molecular weight is 518 g/mol. The van der Waals surface area contributed by atoms with Gasteiger partial charge < -0.3 is 10.6 Å². The number of aryl methyl sites for hydroxylation is 1. The summed E-state index contributed by atoms with van der Waals surface area (Å²) in [7, 11) is 1.04. The highest BCUT2D eigenvalue weighted by atomic mass is 79.9. The molecular weight excluding hydrogens is 503 g/mol. The summed E-state index contributed by atoms with van der Waals surface area (Å²) >= 11 is 8.60. The molecule has 2 aromatic rings. The van der Waals surface area contributed by atoms with E-state index in [0.29, 0.717) is 4.68 Å². The van der Waals surface area contributed by atoms with Crippen molar-refractivity contribution in [2.24, 2.45) is 7.05 Å². The summed E-state index contributed by atoms with van der Waals surface area (Å²) < 4.78 is 65.1. The van der Waals surface area contributed by atoms with Crippen molar-refractivity contribution in [3.05, 3.63) is 44.6 Å². The molecule has 0 atom stereocenters. The zero-order chi connectivity index (χ0) is 23.0. The van der Waals surface area contributed by atoms with E-state index in [4.69, 9.17) is 11.6 Å². The average Bonchev–Trinajstić information content (AvgIpc) is 2.90. The molecule has 0 fully saturated rings. The van der Waals surface area contributed by atoms with Crippen LogP contribution in [-0.2, 0) is 13.0 Å². The van der Waals surface area contributed by atoms with Crippen molar-refractivity contribution in [3.63, 3.8) is 0 Å². The minimum atomic E-state index is -5.90. The Bertz CT molecular complexity index is 991. The van der Waals surface area contributed by atoms with Crippen LogP contribution in [0, 0.1) is 0 Å². The van der Waals surface area contributed by atoms with Crippen LogP contribution in [-0.4, -0.2) is 33.8 Å². The number of hydrogen-bond acceptors (Lipinski definition) is 3. The van der Waals surface area contributed by atoms with Gasteiger partial charge in [-0.3, -0.25) is 14.3 Å². The van der Waals surface area contributed by atoms with Crippen LogP contribution in [0.1, 0.15) is 40.4 Å². The van der Waals surface area contributed by atoms with E-state index >= 15 is 0 Å². The van der Waals surface area contributed by atoms with Crippen molar-refractivity contribution in [1.29, 1.82) is 0 Å². The zero-order valence-electron chi connectivity index (χ0n) is 15.7. The molecule has 0 unspecified atom stereocenters. The van der Waals surface area contributed by atoms with Crippen LogP contribution in [0.15, 0.2) is 22.7 Å². The van der Waals surface area contributed by atoms with Crippen molar-refractivity contribution in [2.75, 3.05) is 5.32 Å². The van der Waals surface area contributed by atoms with E-state index in [2.05, 4.69) is 31.7 Å². The summed E-state index contributed by atoms with van der Waals surface area (Å²) in [5.74, 6) is -6.82. The quantitative estimate of drug-likeness (QED) is 0.555. The monoisotopic (exact) mass is 516 g/mol. The number of rotatable bonds is 5. The van der Waals surface area contributed by atoms with Crippen LogP contribution >= 0.6 is 27.5 Å². The van der Waals surface area contributed by atoms with Gasteiger partial charge in [0.25, 0.3) is 11.8 Å². The van der Waals surface area contributed by atoms with Crippen LogP contribution in [0.2, 0.25) is 5.02 Å². The molecule has 2 amide bonds. The van der Waals surface area contributed by atoms with Crippen LogP contribution in [0.25, 0.3) is 0 Å². The molecule has 2 N–H and O–H groups in total. The minimum absolute atomic E-state index is 0.0385. The number of amides is 2. The van der Waals surface area contributed by atoms with Gasteiger partial charge in [-0.1, -0.05) is 11.6 Å². The summed E-state index contributed by atoms with van der Waals surface area (Å²) in [5, 5.41) is 8.20. The van der Waals surface area contributed by atoms with Gasteiger partial charge in [-0.2, -0.15) is 27.1 Å². The lowest BCUT2D eigenvalue weighted by molar-refractivity contribution is -0.291. The molecule has 0 bridgehead atoms. The number of carbonyl (C=O) groups is 2. The number of benzene rings is 1. The molecule has 6 nitrogen and oxygen atoms in total. The van der Waals surface area contributed by atoms with E-state index in [1.807, 2.05) is 0 Å². The second-order valence-electron chi connectivity index (χ2n) is 6.48. The van der Waals surface area contributed by atoms with Gasteiger partial charge >= 0.3 is 12.1 Å². The number of halogens is 7. The Labute approximate surface area is 180 Å². The zero-order valence-corrected chi connectivity index (χ0v) is 18.0. The van der Waals surface area contributed by atoms with Gasteiger partial charge in [0, 0.05) is 18.8 Å². The van der Waals surface area contributed by atoms with Crippen LogP contribution in [0.5, 0.6) is 0 Å². The van der Waals surface area contributed by atoms with E-state index in [1.165, 1.54) is 18.2 Å². The van der Waals surface area contributed by atoms with Crippen LogP contribution < -0.4 is 10.6 Å². The van der Waals surface area contributed by atoms with Gasteiger partial charge in [0.2, 0.25) is 0 Å². The normalized spacial score (nSPS) is 12.2. The molecule has 1 aromatic carbocycles. The number of hydrogen-bond donors (Lipinski definition) is 2. The first-order valence-corrected chi connectivity index (χ1v) is 9.43. The minimum Gasteiger partial charge on any atom is -0.350 e. The van der Waals surface area contributed by atoms with Gasteiger partial charge in [0.05, 0.1) is 15.1 Å². The Hall–Kier alpha value is -2.21. The molecule has 164 valence electrons. The molecule has 0 radical (unpaired) electrons. The Kier molecular flexibility index (Phi) is 6.82. The highest BCUT2D eigenvalue weighted by molar-refractivity contribution is 9.10. The summed E-state index contributed by atoms with van der Waals surface area (Å²) in [6.07, 6.45) is -5.90. The summed E-state index contributed by atoms with van der Waals surface area (Å²) in [4.78, 5) is 24.7. The second-order valence-corrected chi connectivity index (χ2v) is 7.68. The standard InChI is InChI=1S/C17H15BrClF5N4O2/c1-7(2)25-14(29)9-6-8(4-5-10(9)19)26-15(30)12-11(18)13(27-28(12)3)16(20,21)17(22,23)24/h4-7H,1-3H3,(H,25,29)(H,26,30). The number of nitrogens with one attached hydrogen (secondary N) is 2. The van der Waals surface area contributed by atoms with E-state index in [-0.39, 0.29) is 22.3 Å². The molecule has 0 aliphatic carbocycles. The molecular formula is C17H15BrClF5N4O2. The number of anilines is 1. The smallest absolute Gasteiger partial charge is 0.350 e. The third-order valence-electron chi connectivity index (χ3n) is 3.75. The Morgan fingerprint density at radius 2 is 1.77 bits per heavy atom. The third-order valence-corrected chi connectivity index (χ3v) is 4.83. The first kappa shape index (κ1) is 24.1. The number of nitrogens with zero attached hydrogens (tertiary/aromatic N) is 2. The Morgan fingerprint density at radius 1 is 1.17 bits per heavy atom. The lowest BCUT2D eigenvalue weighted by Crippen LogP contribution is -2.34. The maximum Gasteiger partial charge on any atom is 0.459 e. The lowest BCUT2D eigenvalue weighted by Gasteiger charge is -2.17. The second kappa shape index (κ2) is 8.50. The first-order chi connectivity index (χ1) is 13.7. The molecule has 0 aliphatic rings. The van der Waals surface area contributed by atoms with Crippen LogP contribution in [0.4, 0.5) is 27.6 Å². The van der Waals surface area contributed by atoms with E-state index in [0.717, 1.165) is 7.05 Å². The lowest BCUT2D eigenvalue weighted by atomic mass is 10.1. The van der Waals surface area contributed by atoms with Crippen molar-refractivity contribution in [3.8, 4) is 0 Å². The van der Waals surface area contributed by atoms with Gasteiger partial charge in [-0.15, -0.1) is 0 Å². The van der Waals surface area contributed by atoms with E-state index in [9.17, 15) is 31.5 Å². The molecule has 0 spiro atoms. The molecule has 13 heteroatoms. The molecule has 1 heterocycles. The van der Waals surface area contributed by atoms with Gasteiger partial charge in [0.1, 0.15) is 5.69 Å². The Morgan fingerprint density at radius 3 is 2.30 bits per heavy atom. The molecule has 2 rings (SSSR count). The van der Waals surface area contributed by atoms with Gasteiger partial charge in [0.15, 0.2) is 5.69 Å². The maximum atomic E-state index is 13.7. The van der Waals surface area contributed by atoms with Crippen LogP contribution in [0.3, 0.4) is 0 Å². The SMILES string of the molecule is CC(C)NC(=O)c1cc(NC(=O)c2c(Br)c(C(F)(F)C(F)(F)F)nn2C)ccc1Cl. The fourth-order valence-corrected chi connectivity index (χ4v) is 3.36. The molecule has 0 saturated heterocycles. The highest BCUT2D eigenvalue weighted by Crippen LogP contribution is 2.46. The number of alkyl halides is 5. The summed E-state index contributed by atoms with van der Waals surface area (Å²) in [6, 6.07) is 3.72. The van der Waals surface area contributed by atoms with Gasteiger partial charge in [-0.05, 0) is 48.0 Å². The fourth-order valence-electron chi connectivity index (χ4n) is 2.39. The topological polar surface area (TPSA) is 76.0 Å². The molecule has 1 aromatic heterocycles.